The van der Waals surface area contributed by atoms with Crippen LogP contribution in [0, 0.1) is 23.5 Å². The van der Waals surface area contributed by atoms with Gasteiger partial charge in [-0.1, -0.05) is 108 Å². The van der Waals surface area contributed by atoms with Crippen molar-refractivity contribution in [2.45, 2.75) is 65.7 Å². The third kappa shape index (κ3) is 8.15. The molecule has 0 saturated heterocycles. The van der Waals surface area contributed by atoms with Crippen LogP contribution in [-0.2, 0) is 25.5 Å². The Morgan fingerprint density at radius 1 is 0.682 bits per heavy atom. The fourth-order valence-electron chi connectivity index (χ4n) is 8.88. The molecular weight excluding hydrogens is 1000 g/mol. The van der Waals surface area contributed by atoms with Gasteiger partial charge in [0.25, 0.3) is 0 Å². The van der Waals surface area contributed by atoms with Gasteiger partial charge in [-0.05, 0) is 122 Å². The molecule has 0 saturated carbocycles. The zero-order chi connectivity index (χ0) is 45.0. The molecule has 327 valence electrons. The van der Waals surface area contributed by atoms with Crippen LogP contribution in [0.3, 0.4) is 0 Å². The minimum atomic E-state index is 0. The zero-order valence-corrected chi connectivity index (χ0v) is 41.2. The van der Waals surface area contributed by atoms with Crippen molar-refractivity contribution in [1.29, 1.82) is 5.26 Å². The number of nitrogens with zero attached hydrogens (tertiary/aromatic N) is 4. The summed E-state index contributed by atoms with van der Waals surface area (Å²) in [5.74, 6) is 1.46. The van der Waals surface area contributed by atoms with Gasteiger partial charge >= 0.3 is 0 Å². The summed E-state index contributed by atoms with van der Waals surface area (Å²) in [6.07, 6.45) is 1.87. The molecule has 0 fully saturated rings. The predicted octanol–water partition coefficient (Wildman–Crippen LogP) is 16.4. The molecular formula is C59H48IrN4OS-2. The third-order valence-corrected chi connectivity index (χ3v) is 13.5. The monoisotopic (exact) mass is 1050 g/mol. The summed E-state index contributed by atoms with van der Waals surface area (Å²) < 4.78 is 11.0. The summed E-state index contributed by atoms with van der Waals surface area (Å²) in [6, 6.07) is 59.4. The van der Waals surface area contributed by atoms with Gasteiger partial charge < -0.3 is 14.0 Å². The van der Waals surface area contributed by atoms with Crippen molar-refractivity contribution in [2.75, 3.05) is 0 Å². The van der Waals surface area contributed by atoms with Crippen molar-refractivity contribution in [3.8, 4) is 45.5 Å². The molecule has 0 amide bonds. The van der Waals surface area contributed by atoms with Gasteiger partial charge in [0.2, 0.25) is 0 Å². The Bertz CT molecular complexity index is 3580. The minimum absolute atomic E-state index is 0. The van der Waals surface area contributed by atoms with Crippen molar-refractivity contribution >= 4 is 64.5 Å². The third-order valence-electron chi connectivity index (χ3n) is 12.3. The molecule has 0 spiro atoms. The van der Waals surface area contributed by atoms with E-state index in [9.17, 15) is 5.26 Å². The molecule has 1 radical (unpaired) electrons. The van der Waals surface area contributed by atoms with Gasteiger partial charge in [-0.3, -0.25) is 4.98 Å². The quantitative estimate of drug-likeness (QED) is 0.156. The van der Waals surface area contributed by atoms with Crippen molar-refractivity contribution in [2.24, 2.45) is 0 Å². The van der Waals surface area contributed by atoms with Crippen LogP contribution < -0.4 is 0 Å². The molecule has 0 N–H and O–H groups in total. The minimum Gasteiger partial charge on any atom is -0.456 e. The van der Waals surface area contributed by atoms with Crippen molar-refractivity contribution in [1.82, 2.24) is 14.5 Å². The SMILES string of the molecule is CC(C)(C)c1ccnc(-c2[c-]cccc2)c1.CC(C)c1cc(-c2ccccc2)cc(C(C)C)c1-n1c(-c2[c-]ccc3c2sc2cc4c(cc23)oc2cc(C#N)ccc24)nc2ccccc21.[Ir]. The van der Waals surface area contributed by atoms with E-state index in [-0.39, 0.29) is 37.4 Å². The van der Waals surface area contributed by atoms with Gasteiger partial charge in [-0.15, -0.1) is 54.1 Å². The summed E-state index contributed by atoms with van der Waals surface area (Å²) in [7, 11) is 0. The van der Waals surface area contributed by atoms with E-state index >= 15 is 0 Å². The number of aromatic nitrogens is 3. The Labute approximate surface area is 403 Å². The van der Waals surface area contributed by atoms with E-state index in [1.807, 2.05) is 54.7 Å². The first-order chi connectivity index (χ1) is 31.5. The average Bonchev–Trinajstić information content (AvgIpc) is 4.01. The molecule has 11 rings (SSSR count). The smallest absolute Gasteiger partial charge is 0.136 e. The summed E-state index contributed by atoms with van der Waals surface area (Å²) >= 11 is 1.77. The van der Waals surface area contributed by atoms with E-state index in [1.54, 1.807) is 11.3 Å². The predicted molar refractivity (Wildman–Crippen MR) is 271 cm³/mol. The maximum absolute atomic E-state index is 9.41. The van der Waals surface area contributed by atoms with E-state index in [2.05, 4.69) is 173 Å². The Hall–Kier alpha value is -6.68. The van der Waals surface area contributed by atoms with Gasteiger partial charge in [-0.2, -0.15) is 16.6 Å². The van der Waals surface area contributed by atoms with Crippen LogP contribution in [0.4, 0.5) is 0 Å². The van der Waals surface area contributed by atoms with E-state index in [1.165, 1.54) is 38.2 Å². The number of nitriles is 1. The molecule has 0 bridgehead atoms. The summed E-state index contributed by atoms with van der Waals surface area (Å²) in [5, 5.41) is 13.8. The molecule has 7 heteroatoms. The summed E-state index contributed by atoms with van der Waals surface area (Å²) in [4.78, 5) is 9.75. The normalized spacial score (nSPS) is 11.7. The van der Waals surface area contributed by atoms with Crippen LogP contribution in [-0.4, -0.2) is 14.5 Å². The zero-order valence-electron chi connectivity index (χ0n) is 38.0. The number of para-hydroxylation sites is 2. The standard InChI is InChI=1S/C44H32N3OS.C15H16N.Ir/c1-25(2)33-20-29(28-11-6-5-7-12-28)21-34(26(3)4)42(33)47-38-16-9-8-15-37(38)46-44(47)32-14-10-13-31-36-22-40-35(23-41(36)49-43(31)32)30-18-17-27(24-45)19-39(30)48-40;1-15(2,3)13-9-10-16-14(11-13)12-7-5-4-6-8-12;/h5-13,15-23,25-26H,1-4H3;4-7,9-11H,1-3H3;/q2*-1;. The maximum Gasteiger partial charge on any atom is 0.136 e. The molecule has 5 nitrogen and oxygen atoms in total. The van der Waals surface area contributed by atoms with E-state index in [4.69, 9.17) is 9.40 Å². The molecule has 0 atom stereocenters. The Balaban J connectivity index is 0.000000273. The number of hydrogen-bond acceptors (Lipinski definition) is 5. The fourth-order valence-corrected chi connectivity index (χ4v) is 10.1. The number of benzene rings is 7. The number of imidazole rings is 1. The molecule has 4 heterocycles. The number of hydrogen-bond donors (Lipinski definition) is 0. The van der Waals surface area contributed by atoms with Gasteiger partial charge in [0, 0.05) is 47.5 Å². The van der Waals surface area contributed by atoms with Crippen LogP contribution in [0.15, 0.2) is 156 Å². The second kappa shape index (κ2) is 17.9. The van der Waals surface area contributed by atoms with Gasteiger partial charge in [-0.25, -0.2) is 0 Å². The second-order valence-electron chi connectivity index (χ2n) is 18.4. The first-order valence-corrected chi connectivity index (χ1v) is 23.1. The van der Waals surface area contributed by atoms with Gasteiger partial charge in [0.15, 0.2) is 0 Å². The molecule has 0 unspecified atom stereocenters. The Kier molecular flexibility index (Phi) is 12.1. The summed E-state index contributed by atoms with van der Waals surface area (Å²) in [6.45, 7) is 15.8. The molecule has 0 aliphatic heterocycles. The maximum atomic E-state index is 9.41. The van der Waals surface area contributed by atoms with Crippen LogP contribution in [0.1, 0.15) is 82.6 Å². The van der Waals surface area contributed by atoms with Crippen molar-refractivity contribution < 1.29 is 24.5 Å². The largest absolute Gasteiger partial charge is 0.456 e. The Morgan fingerprint density at radius 2 is 1.41 bits per heavy atom. The Morgan fingerprint density at radius 3 is 2.12 bits per heavy atom. The van der Waals surface area contributed by atoms with Gasteiger partial charge in [0.1, 0.15) is 11.2 Å². The molecule has 0 aliphatic rings. The first kappa shape index (κ1) is 44.5. The fraction of sp³-hybridized carbons (Fsp3) is 0.169. The second-order valence-corrected chi connectivity index (χ2v) is 19.4. The van der Waals surface area contributed by atoms with Crippen molar-refractivity contribution in [3.05, 3.63) is 186 Å². The summed E-state index contributed by atoms with van der Waals surface area (Å²) in [5.41, 5.74) is 15.0. The van der Waals surface area contributed by atoms with Gasteiger partial charge in [0.05, 0.1) is 28.5 Å². The van der Waals surface area contributed by atoms with Crippen molar-refractivity contribution in [3.63, 3.8) is 0 Å². The topological polar surface area (TPSA) is 67.6 Å². The molecule has 11 aromatic rings. The van der Waals surface area contributed by atoms with E-state index in [0.717, 1.165) is 71.1 Å². The first-order valence-electron chi connectivity index (χ1n) is 22.2. The number of thiophene rings is 1. The van der Waals surface area contributed by atoms with E-state index < -0.39 is 0 Å². The van der Waals surface area contributed by atoms with Crippen LogP contribution in [0.5, 0.6) is 0 Å². The molecule has 66 heavy (non-hydrogen) atoms. The number of fused-ring (bicyclic) bond motifs is 7. The van der Waals surface area contributed by atoms with Crippen LogP contribution in [0.2, 0.25) is 0 Å². The van der Waals surface area contributed by atoms with E-state index in [0.29, 0.717) is 5.56 Å². The van der Waals surface area contributed by atoms with Crippen LogP contribution in [0.25, 0.3) is 92.6 Å². The van der Waals surface area contributed by atoms with Crippen LogP contribution >= 0.6 is 11.3 Å². The number of rotatable bonds is 6. The number of pyridine rings is 1. The molecule has 0 aliphatic carbocycles. The number of furan rings is 1. The average molecular weight is 1050 g/mol. The molecule has 7 aromatic carbocycles. The molecule has 4 aromatic heterocycles.